The molecule has 1 aromatic rings. The van der Waals surface area contributed by atoms with Gasteiger partial charge in [-0.15, -0.1) is 0 Å². The summed E-state index contributed by atoms with van der Waals surface area (Å²) in [6.07, 6.45) is 0.403. The third-order valence-corrected chi connectivity index (χ3v) is 4.45. The van der Waals surface area contributed by atoms with Crippen LogP contribution < -0.4 is 4.72 Å². The molecule has 7 nitrogen and oxygen atoms in total. The van der Waals surface area contributed by atoms with Crippen molar-refractivity contribution in [1.29, 1.82) is 0 Å². The molecular formula is C10H13ClN2O5S. The van der Waals surface area contributed by atoms with Crippen LogP contribution in [0.15, 0.2) is 23.1 Å². The number of aliphatic hydroxyl groups excluding tert-OH is 1. The van der Waals surface area contributed by atoms with Gasteiger partial charge in [0, 0.05) is 18.2 Å². The molecule has 1 rings (SSSR count). The predicted molar refractivity (Wildman–Crippen MR) is 69.6 cm³/mol. The van der Waals surface area contributed by atoms with Crippen LogP contribution in [0.3, 0.4) is 0 Å². The molecule has 0 unspecified atom stereocenters. The zero-order valence-electron chi connectivity index (χ0n) is 10.0. The van der Waals surface area contributed by atoms with Crippen LogP contribution in [-0.2, 0) is 10.0 Å². The van der Waals surface area contributed by atoms with Crippen LogP contribution in [0.2, 0.25) is 5.02 Å². The van der Waals surface area contributed by atoms with E-state index in [1.54, 1.807) is 6.92 Å². The molecule has 19 heavy (non-hydrogen) atoms. The quantitative estimate of drug-likeness (QED) is 0.608. The minimum atomic E-state index is -3.92. The van der Waals surface area contributed by atoms with Gasteiger partial charge in [0.1, 0.15) is 4.90 Å². The maximum absolute atomic E-state index is 12.0. The number of nitrogens with one attached hydrogen (secondary N) is 1. The highest BCUT2D eigenvalue weighted by molar-refractivity contribution is 7.89. The SMILES string of the molecule is CC[C@@H](CO)NS(=O)(=O)c1ccc([N+](=O)[O-])cc1Cl. The summed E-state index contributed by atoms with van der Waals surface area (Å²) in [5.74, 6) is 0. The first kappa shape index (κ1) is 15.8. The smallest absolute Gasteiger partial charge is 0.271 e. The van der Waals surface area contributed by atoms with Gasteiger partial charge in [-0.3, -0.25) is 10.1 Å². The Hall–Kier alpha value is -1.22. The molecule has 2 N–H and O–H groups in total. The summed E-state index contributed by atoms with van der Waals surface area (Å²) in [4.78, 5) is 9.61. The van der Waals surface area contributed by atoms with Gasteiger partial charge < -0.3 is 5.11 Å². The van der Waals surface area contributed by atoms with Crippen molar-refractivity contribution in [3.05, 3.63) is 33.3 Å². The third kappa shape index (κ3) is 3.87. The number of nitro benzene ring substituents is 1. The topological polar surface area (TPSA) is 110 Å². The molecule has 106 valence electrons. The fourth-order valence-corrected chi connectivity index (χ4v) is 3.20. The number of halogens is 1. The molecule has 0 saturated heterocycles. The van der Waals surface area contributed by atoms with Crippen LogP contribution in [0.5, 0.6) is 0 Å². The highest BCUT2D eigenvalue weighted by Crippen LogP contribution is 2.26. The molecule has 0 aromatic heterocycles. The Labute approximate surface area is 115 Å². The second kappa shape index (κ2) is 6.29. The number of hydrogen-bond donors (Lipinski definition) is 2. The largest absolute Gasteiger partial charge is 0.395 e. The van der Waals surface area contributed by atoms with Gasteiger partial charge in [0.2, 0.25) is 10.0 Å². The normalized spacial score (nSPS) is 13.2. The number of aliphatic hydroxyl groups is 1. The van der Waals surface area contributed by atoms with Crippen molar-refractivity contribution in [2.24, 2.45) is 0 Å². The van der Waals surface area contributed by atoms with E-state index in [-0.39, 0.29) is 22.2 Å². The minimum Gasteiger partial charge on any atom is -0.395 e. The zero-order valence-corrected chi connectivity index (χ0v) is 11.6. The summed E-state index contributed by atoms with van der Waals surface area (Å²) in [6.45, 7) is 1.36. The molecule has 0 saturated carbocycles. The fourth-order valence-electron chi connectivity index (χ4n) is 1.35. The first-order valence-electron chi connectivity index (χ1n) is 5.39. The van der Waals surface area contributed by atoms with E-state index < -0.39 is 21.0 Å². The Morgan fingerprint density at radius 1 is 1.53 bits per heavy atom. The number of nitrogens with zero attached hydrogens (tertiary/aromatic N) is 1. The molecule has 0 fully saturated rings. The van der Waals surface area contributed by atoms with Gasteiger partial charge in [-0.2, -0.15) is 0 Å². The zero-order chi connectivity index (χ0) is 14.6. The monoisotopic (exact) mass is 308 g/mol. The number of benzene rings is 1. The number of nitro groups is 1. The summed E-state index contributed by atoms with van der Waals surface area (Å²) in [6, 6.07) is 2.46. The second-order valence-electron chi connectivity index (χ2n) is 3.78. The highest BCUT2D eigenvalue weighted by atomic mass is 35.5. The van der Waals surface area contributed by atoms with Gasteiger partial charge in [0.25, 0.3) is 5.69 Å². The van der Waals surface area contributed by atoms with Crippen LogP contribution >= 0.6 is 11.6 Å². The van der Waals surface area contributed by atoms with Crippen LogP contribution in [-0.4, -0.2) is 31.1 Å². The standard InChI is InChI=1S/C10H13ClN2O5S/c1-2-7(6-14)12-19(17,18)10-4-3-8(13(15)16)5-9(10)11/h3-5,7,12,14H,2,6H2,1H3/t7-/m0/s1. The Morgan fingerprint density at radius 2 is 2.16 bits per heavy atom. The van der Waals surface area contributed by atoms with Gasteiger partial charge in [0.15, 0.2) is 0 Å². The average Bonchev–Trinajstić information content (AvgIpc) is 2.35. The molecule has 1 atom stereocenters. The lowest BCUT2D eigenvalue weighted by atomic mass is 10.3. The lowest BCUT2D eigenvalue weighted by molar-refractivity contribution is -0.384. The predicted octanol–water partition coefficient (Wildman–Crippen LogP) is 1.30. The van der Waals surface area contributed by atoms with Gasteiger partial charge in [0.05, 0.1) is 16.6 Å². The summed E-state index contributed by atoms with van der Waals surface area (Å²) in [7, 11) is -3.92. The second-order valence-corrected chi connectivity index (χ2v) is 5.87. The summed E-state index contributed by atoms with van der Waals surface area (Å²) in [5.41, 5.74) is -0.293. The van der Waals surface area contributed by atoms with E-state index in [9.17, 15) is 18.5 Å². The molecule has 0 amide bonds. The van der Waals surface area contributed by atoms with E-state index in [4.69, 9.17) is 16.7 Å². The average molecular weight is 309 g/mol. The van der Waals surface area contributed by atoms with E-state index in [1.165, 1.54) is 0 Å². The molecule has 0 radical (unpaired) electrons. The Bertz CT molecular complexity index is 571. The van der Waals surface area contributed by atoms with Gasteiger partial charge in [-0.1, -0.05) is 18.5 Å². The lowest BCUT2D eigenvalue weighted by Gasteiger charge is -2.14. The van der Waals surface area contributed by atoms with Crippen LogP contribution in [0.4, 0.5) is 5.69 Å². The Kier molecular flexibility index (Phi) is 5.24. The Balaban J connectivity index is 3.12. The van der Waals surface area contributed by atoms with Crippen LogP contribution in [0.25, 0.3) is 0 Å². The van der Waals surface area contributed by atoms with E-state index >= 15 is 0 Å². The fraction of sp³-hybridized carbons (Fsp3) is 0.400. The van der Waals surface area contributed by atoms with Gasteiger partial charge in [-0.05, 0) is 12.5 Å². The van der Waals surface area contributed by atoms with Crippen LogP contribution in [0, 0.1) is 10.1 Å². The maximum atomic E-state index is 12.0. The third-order valence-electron chi connectivity index (χ3n) is 2.45. The highest BCUT2D eigenvalue weighted by Gasteiger charge is 2.23. The Morgan fingerprint density at radius 3 is 2.58 bits per heavy atom. The maximum Gasteiger partial charge on any atom is 0.271 e. The summed E-state index contributed by atoms with van der Waals surface area (Å²) < 4.78 is 26.2. The minimum absolute atomic E-state index is 0.241. The molecule has 9 heteroatoms. The van der Waals surface area contributed by atoms with Crippen molar-refractivity contribution >= 4 is 27.3 Å². The number of rotatable bonds is 6. The molecule has 0 bridgehead atoms. The molecule has 0 aliphatic carbocycles. The van der Waals surface area contributed by atoms with E-state index in [1.807, 2.05) is 0 Å². The number of hydrogen-bond acceptors (Lipinski definition) is 5. The van der Waals surface area contributed by atoms with Gasteiger partial charge >= 0.3 is 0 Å². The van der Waals surface area contributed by atoms with Crippen molar-refractivity contribution in [3.63, 3.8) is 0 Å². The van der Waals surface area contributed by atoms with Crippen molar-refractivity contribution in [1.82, 2.24) is 4.72 Å². The van der Waals surface area contributed by atoms with E-state index in [2.05, 4.69) is 4.72 Å². The molecule has 0 aliphatic rings. The number of sulfonamides is 1. The van der Waals surface area contributed by atoms with Crippen molar-refractivity contribution in [3.8, 4) is 0 Å². The first-order chi connectivity index (χ1) is 8.81. The molecule has 1 aromatic carbocycles. The molecule has 0 aliphatic heterocycles. The van der Waals surface area contributed by atoms with Crippen molar-refractivity contribution < 1.29 is 18.4 Å². The number of non-ortho nitro benzene ring substituents is 1. The van der Waals surface area contributed by atoms with Crippen molar-refractivity contribution in [2.45, 2.75) is 24.3 Å². The van der Waals surface area contributed by atoms with Crippen molar-refractivity contribution in [2.75, 3.05) is 6.61 Å². The lowest BCUT2D eigenvalue weighted by Crippen LogP contribution is -2.37. The van der Waals surface area contributed by atoms with E-state index in [0.717, 1.165) is 18.2 Å². The van der Waals surface area contributed by atoms with E-state index in [0.29, 0.717) is 6.42 Å². The molecular weight excluding hydrogens is 296 g/mol. The van der Waals surface area contributed by atoms with Crippen LogP contribution in [0.1, 0.15) is 13.3 Å². The summed E-state index contributed by atoms with van der Waals surface area (Å²) >= 11 is 5.74. The molecule has 0 spiro atoms. The molecule has 0 heterocycles. The van der Waals surface area contributed by atoms with Gasteiger partial charge in [-0.25, -0.2) is 13.1 Å². The summed E-state index contributed by atoms with van der Waals surface area (Å²) in [5, 5.41) is 19.3. The first-order valence-corrected chi connectivity index (χ1v) is 7.25.